The van der Waals surface area contributed by atoms with E-state index in [-0.39, 0.29) is 13.0 Å². The summed E-state index contributed by atoms with van der Waals surface area (Å²) in [7, 11) is 1.17. The second kappa shape index (κ2) is 11.1. The van der Waals surface area contributed by atoms with Gasteiger partial charge in [0, 0.05) is 24.2 Å². The van der Waals surface area contributed by atoms with Crippen LogP contribution in [0.2, 0.25) is 0 Å². The molecule has 2 aliphatic carbocycles. The van der Waals surface area contributed by atoms with Crippen LogP contribution in [0.3, 0.4) is 0 Å². The van der Waals surface area contributed by atoms with Crippen molar-refractivity contribution in [3.8, 4) is 0 Å². The average Bonchev–Trinajstić information content (AvgIpc) is 3.78. The van der Waals surface area contributed by atoms with Gasteiger partial charge in [-0.25, -0.2) is 9.69 Å². The number of hydrogen-bond acceptors (Lipinski definition) is 8. The molecule has 0 bridgehead atoms. The van der Waals surface area contributed by atoms with Crippen molar-refractivity contribution in [2.45, 2.75) is 58.0 Å². The summed E-state index contributed by atoms with van der Waals surface area (Å²) in [6.07, 6.45) is 4.41. The lowest BCUT2D eigenvalue weighted by atomic mass is 9.59. The van der Waals surface area contributed by atoms with E-state index in [9.17, 15) is 28.8 Å². The van der Waals surface area contributed by atoms with E-state index < -0.39 is 65.5 Å². The lowest BCUT2D eigenvalue weighted by Crippen LogP contribution is -2.71. The third-order valence-electron chi connectivity index (χ3n) is 8.87. The maximum absolute atomic E-state index is 14.1. The number of carbonyl (C=O) groups excluding carboxylic acids is 6. The van der Waals surface area contributed by atoms with Gasteiger partial charge in [-0.2, -0.15) is 0 Å². The highest BCUT2D eigenvalue weighted by Crippen LogP contribution is 2.54. The number of esters is 1. The van der Waals surface area contributed by atoms with E-state index in [1.54, 1.807) is 31.3 Å². The van der Waals surface area contributed by atoms with Crippen LogP contribution in [0.1, 0.15) is 51.6 Å². The summed E-state index contributed by atoms with van der Waals surface area (Å²) >= 11 is 0. The molecule has 1 aromatic rings. The highest BCUT2D eigenvalue weighted by Gasteiger charge is 2.66. The largest absolute Gasteiger partial charge is 0.468 e. The van der Waals surface area contributed by atoms with Crippen molar-refractivity contribution in [2.24, 2.45) is 23.7 Å². The predicted octanol–water partition coefficient (Wildman–Crippen LogP) is 1.31. The number of methoxy groups -OCH3 is 1. The molecule has 2 saturated carbocycles. The molecule has 12 heteroatoms. The van der Waals surface area contributed by atoms with Crippen molar-refractivity contribution in [2.75, 3.05) is 20.2 Å². The molecule has 3 fully saturated rings. The zero-order valence-corrected chi connectivity index (χ0v) is 23.5. The van der Waals surface area contributed by atoms with Crippen LogP contribution in [0, 0.1) is 23.7 Å². The maximum Gasteiger partial charge on any atom is 0.325 e. The van der Waals surface area contributed by atoms with Crippen LogP contribution >= 0.6 is 0 Å². The minimum Gasteiger partial charge on any atom is -0.468 e. The SMILES string of the molecule is CCC1=C2CC[C@H]3C(=O)N(CC(=O)OC)C(=O)[C@H]3[C@H]2[C@@](C)(C(=O)NCC2CC2)N(C(=O)NCc2ccccn2)C1=O. The van der Waals surface area contributed by atoms with Crippen LogP contribution in [0.25, 0.3) is 0 Å². The zero-order valence-electron chi connectivity index (χ0n) is 23.5. The standard InChI is InChI=1S/C29H35N5O7/c1-4-18-19-10-11-20-22(26(38)33(24(20)36)15-21(35)41-3)23(19)29(2,27(39)31-13-16-8-9-16)34(25(18)37)28(40)32-14-17-7-5-6-12-30-17/h5-7,12,16,20,22-23H,4,8-11,13-15H2,1-3H3,(H,31,39)(H,32,40)/t20-,22-,23+,29+/m1/s1. The number of aromatic nitrogens is 1. The molecule has 4 atom stereocenters. The Hall–Kier alpha value is -4.09. The normalized spacial score (nSPS) is 27.4. The lowest BCUT2D eigenvalue weighted by molar-refractivity contribution is -0.152. The Kier molecular flexibility index (Phi) is 7.67. The van der Waals surface area contributed by atoms with E-state index in [4.69, 9.17) is 4.74 Å². The zero-order chi connectivity index (χ0) is 29.5. The number of rotatable bonds is 8. The number of ether oxygens (including phenoxy) is 1. The molecular formula is C29H35N5O7. The quantitative estimate of drug-likeness (QED) is 0.353. The Labute approximate surface area is 237 Å². The number of nitrogens with zero attached hydrogens (tertiary/aromatic N) is 3. The molecule has 1 aromatic heterocycles. The summed E-state index contributed by atoms with van der Waals surface area (Å²) in [5, 5.41) is 5.65. The van der Waals surface area contributed by atoms with Gasteiger partial charge in [-0.15, -0.1) is 0 Å². The molecule has 0 radical (unpaired) electrons. The fourth-order valence-electron chi connectivity index (χ4n) is 6.59. The second-order valence-corrected chi connectivity index (χ2v) is 11.3. The lowest BCUT2D eigenvalue weighted by Gasteiger charge is -2.52. The van der Waals surface area contributed by atoms with Crippen molar-refractivity contribution < 1.29 is 33.5 Å². The fourth-order valence-corrected chi connectivity index (χ4v) is 6.59. The van der Waals surface area contributed by atoms with E-state index in [2.05, 4.69) is 15.6 Å². The molecule has 4 aliphatic rings. The van der Waals surface area contributed by atoms with Crippen LogP contribution in [0.15, 0.2) is 35.5 Å². The number of hydrogen-bond donors (Lipinski definition) is 2. The predicted molar refractivity (Wildman–Crippen MR) is 143 cm³/mol. The van der Waals surface area contributed by atoms with Crippen LogP contribution in [0.4, 0.5) is 4.79 Å². The van der Waals surface area contributed by atoms with Crippen LogP contribution in [-0.2, 0) is 35.3 Å². The minimum absolute atomic E-state index is 0.0162. The first kappa shape index (κ1) is 28.4. The average molecular weight is 566 g/mol. The van der Waals surface area contributed by atoms with Crippen molar-refractivity contribution in [3.63, 3.8) is 0 Å². The first-order valence-electron chi connectivity index (χ1n) is 14.1. The molecule has 6 amide bonds. The third kappa shape index (κ3) is 4.89. The van der Waals surface area contributed by atoms with Gasteiger partial charge >= 0.3 is 12.0 Å². The van der Waals surface area contributed by atoms with Crippen LogP contribution < -0.4 is 10.6 Å². The van der Waals surface area contributed by atoms with Crippen molar-refractivity contribution in [1.82, 2.24) is 25.4 Å². The Morgan fingerprint density at radius 1 is 1.10 bits per heavy atom. The number of fused-ring (bicyclic) bond motifs is 3. The van der Waals surface area contributed by atoms with Gasteiger partial charge in [0.1, 0.15) is 12.1 Å². The van der Waals surface area contributed by atoms with Gasteiger partial charge in [0.25, 0.3) is 5.91 Å². The molecule has 0 aromatic carbocycles. The van der Waals surface area contributed by atoms with Gasteiger partial charge in [-0.05, 0) is 57.1 Å². The molecule has 2 N–H and O–H groups in total. The molecular weight excluding hydrogens is 530 g/mol. The van der Waals surface area contributed by atoms with E-state index in [1.165, 1.54) is 14.0 Å². The summed E-state index contributed by atoms with van der Waals surface area (Å²) in [4.78, 5) is 87.3. The third-order valence-corrected chi connectivity index (χ3v) is 8.87. The number of pyridine rings is 1. The van der Waals surface area contributed by atoms with Crippen LogP contribution in [0.5, 0.6) is 0 Å². The topological polar surface area (TPSA) is 155 Å². The number of imide groups is 2. The van der Waals surface area contributed by atoms with E-state index in [1.807, 2.05) is 0 Å². The molecule has 0 spiro atoms. The molecule has 0 unspecified atom stereocenters. The van der Waals surface area contributed by atoms with E-state index in [0.29, 0.717) is 42.1 Å². The van der Waals surface area contributed by atoms with Crippen molar-refractivity contribution in [1.29, 1.82) is 0 Å². The monoisotopic (exact) mass is 565 g/mol. The molecule has 218 valence electrons. The summed E-state index contributed by atoms with van der Waals surface area (Å²) in [5.41, 5.74) is -0.266. The number of likely N-dealkylation sites (tertiary alicyclic amines) is 1. The molecule has 41 heavy (non-hydrogen) atoms. The van der Waals surface area contributed by atoms with Crippen LogP contribution in [-0.4, -0.2) is 76.2 Å². The number of urea groups is 1. The highest BCUT2D eigenvalue weighted by molar-refractivity contribution is 6.13. The Morgan fingerprint density at radius 2 is 1.85 bits per heavy atom. The number of amides is 6. The molecule has 5 rings (SSSR count). The minimum atomic E-state index is -1.81. The number of nitrogens with one attached hydrogen (secondary N) is 2. The van der Waals surface area contributed by atoms with Gasteiger partial charge in [-0.1, -0.05) is 18.6 Å². The van der Waals surface area contributed by atoms with E-state index in [0.717, 1.165) is 22.6 Å². The van der Waals surface area contributed by atoms with Crippen molar-refractivity contribution >= 4 is 35.6 Å². The molecule has 2 aliphatic heterocycles. The first-order chi connectivity index (χ1) is 19.6. The fraction of sp³-hybridized carbons (Fsp3) is 0.552. The summed E-state index contributed by atoms with van der Waals surface area (Å²) < 4.78 is 4.70. The summed E-state index contributed by atoms with van der Waals surface area (Å²) in [5.74, 6) is -5.44. The highest BCUT2D eigenvalue weighted by atomic mass is 16.5. The summed E-state index contributed by atoms with van der Waals surface area (Å²) in [6.45, 7) is 3.16. The number of carbonyl (C=O) groups is 6. The van der Waals surface area contributed by atoms with Gasteiger partial charge in [0.05, 0.1) is 31.2 Å². The summed E-state index contributed by atoms with van der Waals surface area (Å²) in [6, 6.07) is 4.44. The Morgan fingerprint density at radius 3 is 2.49 bits per heavy atom. The van der Waals surface area contributed by atoms with Gasteiger partial charge < -0.3 is 15.4 Å². The van der Waals surface area contributed by atoms with Gasteiger partial charge in [0.15, 0.2) is 0 Å². The van der Waals surface area contributed by atoms with Crippen molar-refractivity contribution in [3.05, 3.63) is 41.2 Å². The maximum atomic E-state index is 14.1. The Balaban J connectivity index is 1.58. The smallest absolute Gasteiger partial charge is 0.325 e. The van der Waals surface area contributed by atoms with E-state index >= 15 is 0 Å². The molecule has 12 nitrogen and oxygen atoms in total. The molecule has 3 heterocycles. The Bertz CT molecular complexity index is 1320. The van der Waals surface area contributed by atoms with Gasteiger partial charge in [0.2, 0.25) is 17.7 Å². The second-order valence-electron chi connectivity index (χ2n) is 11.3. The molecule has 1 saturated heterocycles. The first-order valence-corrected chi connectivity index (χ1v) is 14.1. The van der Waals surface area contributed by atoms with Gasteiger partial charge in [-0.3, -0.25) is 33.9 Å².